The summed E-state index contributed by atoms with van der Waals surface area (Å²) < 4.78 is 0. The van der Waals surface area contributed by atoms with Gasteiger partial charge >= 0.3 is 6.03 Å². The molecule has 0 bridgehead atoms. The highest BCUT2D eigenvalue weighted by Crippen LogP contribution is 2.26. The average Bonchev–Trinajstić information content (AvgIpc) is 3.24. The van der Waals surface area contributed by atoms with E-state index in [9.17, 15) is 4.79 Å². The highest BCUT2D eigenvalue weighted by molar-refractivity contribution is 5.74. The first-order chi connectivity index (χ1) is 13.8. The fourth-order valence-electron chi connectivity index (χ4n) is 4.91. The van der Waals surface area contributed by atoms with Crippen LogP contribution < -0.4 is 5.32 Å². The SMILES string of the molecule is O=C(NC1CCN(CC2CCCC2)CC1)N1CCN(Cc2ccccn2)CC1. The number of piperazine rings is 1. The second-order valence-corrected chi connectivity index (χ2v) is 8.76. The third-order valence-corrected chi connectivity index (χ3v) is 6.68. The number of aromatic nitrogens is 1. The highest BCUT2D eigenvalue weighted by atomic mass is 16.2. The van der Waals surface area contributed by atoms with Gasteiger partial charge in [0.05, 0.1) is 5.69 Å². The number of nitrogens with one attached hydrogen (secondary N) is 1. The zero-order chi connectivity index (χ0) is 19.2. The number of carbonyl (C=O) groups is 1. The number of hydrogen-bond donors (Lipinski definition) is 1. The summed E-state index contributed by atoms with van der Waals surface area (Å²) in [5, 5.41) is 3.30. The molecule has 4 rings (SSSR count). The number of rotatable bonds is 5. The lowest BCUT2D eigenvalue weighted by Crippen LogP contribution is -2.54. The lowest BCUT2D eigenvalue weighted by molar-refractivity contribution is 0.126. The summed E-state index contributed by atoms with van der Waals surface area (Å²) >= 11 is 0. The minimum absolute atomic E-state index is 0.131. The number of urea groups is 1. The number of hydrogen-bond acceptors (Lipinski definition) is 4. The van der Waals surface area contributed by atoms with Crippen LogP contribution in [0, 0.1) is 5.92 Å². The Balaban J connectivity index is 1.14. The molecule has 154 valence electrons. The van der Waals surface area contributed by atoms with Gasteiger partial charge in [0, 0.05) is 64.6 Å². The van der Waals surface area contributed by atoms with Crippen LogP contribution in [-0.4, -0.2) is 77.6 Å². The lowest BCUT2D eigenvalue weighted by atomic mass is 10.0. The van der Waals surface area contributed by atoms with E-state index < -0.39 is 0 Å². The predicted octanol–water partition coefficient (Wildman–Crippen LogP) is 2.56. The number of amides is 2. The molecule has 28 heavy (non-hydrogen) atoms. The van der Waals surface area contributed by atoms with Crippen LogP contribution >= 0.6 is 0 Å². The summed E-state index contributed by atoms with van der Waals surface area (Å²) in [5.41, 5.74) is 1.10. The quantitative estimate of drug-likeness (QED) is 0.846. The topological polar surface area (TPSA) is 51.7 Å². The van der Waals surface area contributed by atoms with Crippen LogP contribution in [0.15, 0.2) is 24.4 Å². The van der Waals surface area contributed by atoms with Gasteiger partial charge in [0.2, 0.25) is 0 Å². The summed E-state index contributed by atoms with van der Waals surface area (Å²) in [6.45, 7) is 7.87. The number of pyridine rings is 1. The van der Waals surface area contributed by atoms with Crippen LogP contribution in [0.5, 0.6) is 0 Å². The molecule has 6 heteroatoms. The van der Waals surface area contributed by atoms with Crippen LogP contribution in [0.4, 0.5) is 4.79 Å². The Kier molecular flexibility index (Phi) is 6.81. The average molecular weight is 386 g/mol. The van der Waals surface area contributed by atoms with Crippen molar-refractivity contribution in [3.05, 3.63) is 30.1 Å². The molecule has 3 heterocycles. The second kappa shape index (κ2) is 9.70. The molecular formula is C22H35N5O. The van der Waals surface area contributed by atoms with Crippen molar-refractivity contribution in [3.63, 3.8) is 0 Å². The largest absolute Gasteiger partial charge is 0.335 e. The molecule has 2 saturated heterocycles. The van der Waals surface area contributed by atoms with Crippen LogP contribution in [0.25, 0.3) is 0 Å². The van der Waals surface area contributed by atoms with Gasteiger partial charge in [-0.1, -0.05) is 18.9 Å². The Morgan fingerprint density at radius 1 is 0.964 bits per heavy atom. The zero-order valence-electron chi connectivity index (χ0n) is 17.1. The van der Waals surface area contributed by atoms with Crippen molar-refractivity contribution in [2.75, 3.05) is 45.8 Å². The van der Waals surface area contributed by atoms with E-state index in [1.807, 2.05) is 23.2 Å². The first-order valence-electron chi connectivity index (χ1n) is 11.2. The van der Waals surface area contributed by atoms with Crippen LogP contribution in [0.2, 0.25) is 0 Å². The van der Waals surface area contributed by atoms with Gasteiger partial charge in [-0.2, -0.15) is 0 Å². The van der Waals surface area contributed by atoms with E-state index in [1.54, 1.807) is 0 Å². The van der Waals surface area contributed by atoms with E-state index >= 15 is 0 Å². The van der Waals surface area contributed by atoms with E-state index in [0.717, 1.165) is 70.3 Å². The summed E-state index contributed by atoms with van der Waals surface area (Å²) in [6.07, 6.45) is 9.72. The minimum Gasteiger partial charge on any atom is -0.335 e. The normalized spacial score (nSPS) is 23.2. The maximum Gasteiger partial charge on any atom is 0.317 e. The van der Waals surface area contributed by atoms with Gasteiger partial charge < -0.3 is 15.1 Å². The Bertz CT molecular complexity index is 603. The van der Waals surface area contributed by atoms with Gasteiger partial charge in [-0.3, -0.25) is 9.88 Å². The molecule has 0 unspecified atom stereocenters. The molecule has 0 aromatic carbocycles. The fraction of sp³-hybridized carbons (Fsp3) is 0.727. The number of piperidine rings is 1. The molecule has 1 aromatic rings. The van der Waals surface area contributed by atoms with Crippen LogP contribution in [0.3, 0.4) is 0 Å². The van der Waals surface area contributed by atoms with E-state index in [-0.39, 0.29) is 6.03 Å². The molecule has 0 spiro atoms. The van der Waals surface area contributed by atoms with E-state index in [0.29, 0.717) is 6.04 Å². The Hall–Kier alpha value is -1.66. The van der Waals surface area contributed by atoms with Crippen molar-refractivity contribution >= 4 is 6.03 Å². The molecule has 3 fully saturated rings. The predicted molar refractivity (Wildman–Crippen MR) is 111 cm³/mol. The van der Waals surface area contributed by atoms with Crippen LogP contribution in [-0.2, 0) is 6.54 Å². The molecule has 1 aromatic heterocycles. The molecule has 3 aliphatic rings. The Labute approximate surface area is 169 Å². The van der Waals surface area contributed by atoms with Crippen molar-refractivity contribution < 1.29 is 4.79 Å². The molecule has 2 aliphatic heterocycles. The molecule has 0 atom stereocenters. The molecular weight excluding hydrogens is 350 g/mol. The first-order valence-corrected chi connectivity index (χ1v) is 11.2. The lowest BCUT2D eigenvalue weighted by Gasteiger charge is -2.37. The first kappa shape index (κ1) is 19.6. The maximum atomic E-state index is 12.7. The number of likely N-dealkylation sites (tertiary alicyclic amines) is 1. The van der Waals surface area contributed by atoms with Gasteiger partial charge in [0.25, 0.3) is 0 Å². The van der Waals surface area contributed by atoms with Gasteiger partial charge in [0.15, 0.2) is 0 Å². The standard InChI is InChI=1S/C22H35N5O/c28-22(24-20-8-11-25(12-9-20)17-19-5-1-2-6-19)27-15-13-26(14-16-27)18-21-7-3-4-10-23-21/h3-4,7,10,19-20H,1-2,5-6,8-9,11-18H2,(H,24,28). The van der Waals surface area contributed by atoms with Crippen molar-refractivity contribution in [2.24, 2.45) is 5.92 Å². The third-order valence-electron chi connectivity index (χ3n) is 6.68. The van der Waals surface area contributed by atoms with Crippen molar-refractivity contribution in [1.82, 2.24) is 25.0 Å². The van der Waals surface area contributed by atoms with Crippen LogP contribution in [0.1, 0.15) is 44.2 Å². The van der Waals surface area contributed by atoms with Gasteiger partial charge in [-0.05, 0) is 43.7 Å². The number of carbonyl (C=O) groups excluding carboxylic acids is 1. The molecule has 0 radical (unpaired) electrons. The van der Waals surface area contributed by atoms with Gasteiger partial charge in [0.1, 0.15) is 0 Å². The fourth-order valence-corrected chi connectivity index (χ4v) is 4.91. The smallest absolute Gasteiger partial charge is 0.317 e. The van der Waals surface area contributed by atoms with E-state index in [4.69, 9.17) is 0 Å². The zero-order valence-corrected chi connectivity index (χ0v) is 17.1. The third kappa shape index (κ3) is 5.45. The Morgan fingerprint density at radius 3 is 2.39 bits per heavy atom. The molecule has 1 aliphatic carbocycles. The summed E-state index contributed by atoms with van der Waals surface area (Å²) in [5.74, 6) is 0.925. The minimum atomic E-state index is 0.131. The Morgan fingerprint density at radius 2 is 1.71 bits per heavy atom. The summed E-state index contributed by atoms with van der Waals surface area (Å²) in [4.78, 5) is 24.1. The molecule has 6 nitrogen and oxygen atoms in total. The van der Waals surface area contributed by atoms with E-state index in [2.05, 4.69) is 26.2 Å². The highest BCUT2D eigenvalue weighted by Gasteiger charge is 2.27. The maximum absolute atomic E-state index is 12.7. The van der Waals surface area contributed by atoms with E-state index in [1.165, 1.54) is 32.2 Å². The monoisotopic (exact) mass is 385 g/mol. The van der Waals surface area contributed by atoms with Crippen molar-refractivity contribution in [2.45, 2.75) is 51.1 Å². The van der Waals surface area contributed by atoms with Gasteiger partial charge in [-0.25, -0.2) is 4.79 Å². The summed E-state index contributed by atoms with van der Waals surface area (Å²) in [7, 11) is 0. The molecule has 1 saturated carbocycles. The molecule has 1 N–H and O–H groups in total. The van der Waals surface area contributed by atoms with Gasteiger partial charge in [-0.15, -0.1) is 0 Å². The van der Waals surface area contributed by atoms with Crippen molar-refractivity contribution in [3.8, 4) is 0 Å². The second-order valence-electron chi connectivity index (χ2n) is 8.76. The number of nitrogens with zero attached hydrogens (tertiary/aromatic N) is 4. The van der Waals surface area contributed by atoms with Crippen molar-refractivity contribution in [1.29, 1.82) is 0 Å². The summed E-state index contributed by atoms with van der Waals surface area (Å²) in [6, 6.07) is 6.53. The molecule has 2 amide bonds.